The molecule has 0 radical (unpaired) electrons. The standard InChI is InChI=1S/C25H28N4O3S.2H2/c1-16(2)33(30,31)21-9-10-23(28-15-21)20-11-22(17(3)27-14-20)25-12-24(29-32-25)19-7-5-18(6-8-19)13-26-4;;/h5-12,14-16,26,30-31H,13H2,1-4H3;2*1H. The van der Waals surface area contributed by atoms with Gasteiger partial charge in [-0.25, -0.2) is 0 Å². The fraction of sp³-hybridized carbons (Fsp3) is 0.240. The second-order valence-corrected chi connectivity index (χ2v) is 10.8. The van der Waals surface area contributed by atoms with Crippen molar-refractivity contribution in [1.29, 1.82) is 0 Å². The van der Waals surface area contributed by atoms with Crippen LogP contribution in [0.2, 0.25) is 0 Å². The normalized spacial score (nSPS) is 12.3. The van der Waals surface area contributed by atoms with Crippen molar-refractivity contribution in [2.24, 2.45) is 0 Å². The molecule has 0 aliphatic heterocycles. The van der Waals surface area contributed by atoms with E-state index in [1.807, 2.05) is 38.2 Å². The molecule has 0 aliphatic rings. The van der Waals surface area contributed by atoms with Crippen LogP contribution in [0.4, 0.5) is 0 Å². The SMILES string of the molecule is CNCc1ccc(-c2cc(-c3cc(-c4ccc(S(O)(O)C(C)C)cn4)cnc3C)on2)cc1.[HH].[HH]. The molecule has 0 saturated carbocycles. The largest absolute Gasteiger partial charge is 0.356 e. The molecule has 176 valence electrons. The molecule has 0 fully saturated rings. The monoisotopic (exact) mass is 468 g/mol. The van der Waals surface area contributed by atoms with Gasteiger partial charge in [-0.15, -0.1) is 0 Å². The van der Waals surface area contributed by atoms with E-state index in [-0.39, 0.29) is 8.10 Å². The lowest BCUT2D eigenvalue weighted by Gasteiger charge is -2.36. The quantitative estimate of drug-likeness (QED) is 0.284. The van der Waals surface area contributed by atoms with Gasteiger partial charge in [0, 0.05) is 49.3 Å². The lowest BCUT2D eigenvalue weighted by atomic mass is 10.0. The molecule has 33 heavy (non-hydrogen) atoms. The van der Waals surface area contributed by atoms with Gasteiger partial charge in [-0.1, -0.05) is 29.4 Å². The summed E-state index contributed by atoms with van der Waals surface area (Å²) in [5, 5.41) is 7.11. The predicted molar refractivity (Wildman–Crippen MR) is 136 cm³/mol. The minimum absolute atomic E-state index is 0. The molecule has 8 heteroatoms. The van der Waals surface area contributed by atoms with E-state index in [1.165, 1.54) is 11.8 Å². The number of pyridine rings is 2. The summed E-state index contributed by atoms with van der Waals surface area (Å²) in [5.41, 5.74) is 6.07. The summed E-state index contributed by atoms with van der Waals surface area (Å²) in [6.07, 6.45) is 3.27. The average Bonchev–Trinajstić information content (AvgIpc) is 3.30. The van der Waals surface area contributed by atoms with Gasteiger partial charge in [-0.05, 0) is 51.6 Å². The van der Waals surface area contributed by atoms with E-state index in [2.05, 4.69) is 32.6 Å². The minimum atomic E-state index is -2.87. The molecular weight excluding hydrogens is 436 g/mol. The molecule has 0 saturated heterocycles. The number of nitrogens with zero attached hydrogens (tertiary/aromatic N) is 3. The van der Waals surface area contributed by atoms with Crippen molar-refractivity contribution in [3.05, 3.63) is 72.2 Å². The Morgan fingerprint density at radius 1 is 0.970 bits per heavy atom. The number of rotatable bonds is 7. The summed E-state index contributed by atoms with van der Waals surface area (Å²) in [6.45, 7) is 6.29. The van der Waals surface area contributed by atoms with Crippen LogP contribution in [0, 0.1) is 6.92 Å². The molecular formula is C25H32N4O3S. The topological polar surface area (TPSA) is 104 Å². The van der Waals surface area contributed by atoms with E-state index in [4.69, 9.17) is 4.52 Å². The van der Waals surface area contributed by atoms with Crippen LogP contribution >= 0.6 is 10.6 Å². The molecule has 3 heterocycles. The van der Waals surface area contributed by atoms with Crippen molar-refractivity contribution in [3.8, 4) is 33.8 Å². The number of nitrogens with one attached hydrogen (secondary N) is 1. The maximum absolute atomic E-state index is 10.4. The molecule has 4 rings (SSSR count). The zero-order chi connectivity index (χ0) is 23.6. The smallest absolute Gasteiger partial charge is 0.169 e. The Labute approximate surface area is 198 Å². The van der Waals surface area contributed by atoms with Gasteiger partial charge < -0.3 is 9.84 Å². The van der Waals surface area contributed by atoms with Crippen molar-refractivity contribution in [3.63, 3.8) is 0 Å². The van der Waals surface area contributed by atoms with Crippen molar-refractivity contribution in [2.45, 2.75) is 37.5 Å². The molecule has 3 aromatic heterocycles. The molecule has 0 spiro atoms. The zero-order valence-electron chi connectivity index (χ0n) is 19.1. The zero-order valence-corrected chi connectivity index (χ0v) is 19.9. The summed E-state index contributed by atoms with van der Waals surface area (Å²) in [6, 6.07) is 15.6. The molecule has 0 amide bonds. The first kappa shape index (κ1) is 23.1. The number of benzene rings is 1. The summed E-state index contributed by atoms with van der Waals surface area (Å²) in [7, 11) is -0.946. The highest BCUT2D eigenvalue weighted by molar-refractivity contribution is 8.24. The van der Waals surface area contributed by atoms with E-state index in [9.17, 15) is 9.11 Å². The van der Waals surface area contributed by atoms with Gasteiger partial charge in [-0.3, -0.25) is 19.1 Å². The van der Waals surface area contributed by atoms with Crippen LogP contribution in [-0.4, -0.2) is 36.5 Å². The summed E-state index contributed by atoms with van der Waals surface area (Å²) in [4.78, 5) is 9.40. The minimum Gasteiger partial charge on any atom is -0.356 e. The molecule has 7 nitrogen and oxygen atoms in total. The van der Waals surface area contributed by atoms with E-state index in [0.29, 0.717) is 16.3 Å². The first-order valence-corrected chi connectivity index (χ1v) is 12.3. The highest BCUT2D eigenvalue weighted by atomic mass is 32.3. The van der Waals surface area contributed by atoms with Crippen molar-refractivity contribution in [1.82, 2.24) is 20.4 Å². The van der Waals surface area contributed by atoms with Gasteiger partial charge in [-0.2, -0.15) is 10.6 Å². The van der Waals surface area contributed by atoms with Crippen LogP contribution in [0.1, 0.15) is 28.0 Å². The van der Waals surface area contributed by atoms with Gasteiger partial charge in [0.05, 0.1) is 16.8 Å². The fourth-order valence-corrected chi connectivity index (χ4v) is 4.48. The fourth-order valence-electron chi connectivity index (χ4n) is 3.46. The number of hydrogen-bond donors (Lipinski definition) is 3. The van der Waals surface area contributed by atoms with Gasteiger partial charge in [0.15, 0.2) is 5.76 Å². The van der Waals surface area contributed by atoms with Crippen LogP contribution < -0.4 is 5.32 Å². The van der Waals surface area contributed by atoms with Crippen molar-refractivity contribution < 1.29 is 16.5 Å². The summed E-state index contributed by atoms with van der Waals surface area (Å²) in [5.74, 6) is 0.627. The lowest BCUT2D eigenvalue weighted by Crippen LogP contribution is -2.10. The Balaban J connectivity index is 0.00000216. The Morgan fingerprint density at radius 3 is 2.36 bits per heavy atom. The third-order valence-electron chi connectivity index (χ3n) is 5.53. The van der Waals surface area contributed by atoms with E-state index in [0.717, 1.165) is 34.6 Å². The Morgan fingerprint density at radius 2 is 1.73 bits per heavy atom. The van der Waals surface area contributed by atoms with Crippen LogP contribution in [0.5, 0.6) is 0 Å². The third-order valence-corrected chi connectivity index (χ3v) is 7.78. The predicted octanol–water partition coefficient (Wildman–Crippen LogP) is 6.50. The molecule has 0 atom stereocenters. The van der Waals surface area contributed by atoms with E-state index in [1.54, 1.807) is 32.2 Å². The number of hydrogen-bond acceptors (Lipinski definition) is 7. The van der Waals surface area contributed by atoms with Gasteiger partial charge in [0.2, 0.25) is 0 Å². The maximum Gasteiger partial charge on any atom is 0.169 e. The molecule has 1 aromatic carbocycles. The average molecular weight is 469 g/mol. The highest BCUT2D eigenvalue weighted by Crippen LogP contribution is 2.51. The lowest BCUT2D eigenvalue weighted by molar-refractivity contribution is 0.434. The summed E-state index contributed by atoms with van der Waals surface area (Å²) >= 11 is 0. The second kappa shape index (κ2) is 9.44. The molecule has 0 aliphatic carbocycles. The maximum atomic E-state index is 10.4. The Hall–Kier alpha value is -3.04. The number of aryl methyl sites for hydroxylation is 1. The first-order chi connectivity index (χ1) is 15.8. The molecule has 4 aromatic rings. The van der Waals surface area contributed by atoms with E-state index >= 15 is 0 Å². The third kappa shape index (κ3) is 4.84. The summed E-state index contributed by atoms with van der Waals surface area (Å²) < 4.78 is 26.4. The number of aromatic nitrogens is 3. The Kier molecular flexibility index (Phi) is 6.62. The van der Waals surface area contributed by atoms with Gasteiger partial charge in [0.25, 0.3) is 0 Å². The molecule has 0 unspecified atom stereocenters. The van der Waals surface area contributed by atoms with E-state index < -0.39 is 10.6 Å². The highest BCUT2D eigenvalue weighted by Gasteiger charge is 2.21. The Bertz CT molecular complexity index is 1250. The van der Waals surface area contributed by atoms with Crippen LogP contribution in [0.15, 0.2) is 70.3 Å². The van der Waals surface area contributed by atoms with Crippen LogP contribution in [-0.2, 0) is 6.54 Å². The van der Waals surface area contributed by atoms with Gasteiger partial charge >= 0.3 is 0 Å². The second-order valence-electron chi connectivity index (χ2n) is 8.18. The van der Waals surface area contributed by atoms with Crippen molar-refractivity contribution >= 4 is 10.6 Å². The van der Waals surface area contributed by atoms with Crippen LogP contribution in [0.25, 0.3) is 33.8 Å². The van der Waals surface area contributed by atoms with Gasteiger partial charge in [0.1, 0.15) is 5.69 Å². The first-order valence-electron chi connectivity index (χ1n) is 10.7. The van der Waals surface area contributed by atoms with Crippen molar-refractivity contribution in [2.75, 3.05) is 7.05 Å². The van der Waals surface area contributed by atoms with Crippen LogP contribution in [0.3, 0.4) is 0 Å². The molecule has 0 bridgehead atoms. The molecule has 3 N–H and O–H groups in total.